The van der Waals surface area contributed by atoms with Gasteiger partial charge >= 0.3 is 0 Å². The first kappa shape index (κ1) is 13.5. The van der Waals surface area contributed by atoms with Gasteiger partial charge in [0.05, 0.1) is 4.90 Å². The van der Waals surface area contributed by atoms with Crippen molar-refractivity contribution in [3.05, 3.63) is 29.8 Å². The van der Waals surface area contributed by atoms with E-state index in [-0.39, 0.29) is 0 Å². The topological polar surface area (TPSA) is 63.4 Å². The zero-order valence-corrected chi connectivity index (χ0v) is 11.5. The number of hydrogen-bond acceptors (Lipinski definition) is 3. The van der Waals surface area contributed by atoms with Gasteiger partial charge in [0, 0.05) is 13.1 Å². The second-order valence-corrected chi connectivity index (χ2v) is 6.76. The summed E-state index contributed by atoms with van der Waals surface area (Å²) < 4.78 is 26.0. The summed E-state index contributed by atoms with van der Waals surface area (Å²) in [6.45, 7) is 3.77. The zero-order chi connectivity index (χ0) is 13.2. The van der Waals surface area contributed by atoms with Crippen LogP contribution in [0.1, 0.15) is 18.9 Å². The fourth-order valence-corrected chi connectivity index (χ4v) is 3.73. The maximum absolute atomic E-state index is 12.2. The Balaban J connectivity index is 2.11. The molecule has 1 aliphatic rings. The summed E-state index contributed by atoms with van der Waals surface area (Å²) in [6.07, 6.45) is 2.05. The first-order valence-corrected chi connectivity index (χ1v) is 7.81. The molecule has 0 amide bonds. The highest BCUT2D eigenvalue weighted by Crippen LogP contribution is 2.24. The summed E-state index contributed by atoms with van der Waals surface area (Å²) in [5, 5.41) is 0. The normalized spacial score (nSPS) is 17.7. The van der Waals surface area contributed by atoms with Gasteiger partial charge in [-0.05, 0) is 36.6 Å². The van der Waals surface area contributed by atoms with E-state index in [0.717, 1.165) is 12.8 Å². The molecule has 2 rings (SSSR count). The van der Waals surface area contributed by atoms with E-state index in [1.54, 1.807) is 12.1 Å². The lowest BCUT2D eigenvalue weighted by molar-refractivity contribution is 0.207. The highest BCUT2D eigenvalue weighted by Gasteiger charge is 2.35. The number of benzene rings is 1. The van der Waals surface area contributed by atoms with Crippen LogP contribution in [0.2, 0.25) is 0 Å². The third-order valence-corrected chi connectivity index (χ3v) is 5.20. The molecule has 0 aromatic heterocycles. The fraction of sp³-hybridized carbons (Fsp3) is 0.538. The molecular weight excluding hydrogens is 248 g/mol. The van der Waals surface area contributed by atoms with Gasteiger partial charge in [-0.15, -0.1) is 0 Å². The molecule has 4 nitrogen and oxygen atoms in total. The van der Waals surface area contributed by atoms with Crippen LogP contribution in [0.5, 0.6) is 0 Å². The van der Waals surface area contributed by atoms with Crippen molar-refractivity contribution in [2.24, 2.45) is 11.7 Å². The molecule has 1 aliphatic heterocycles. The lowest BCUT2D eigenvalue weighted by Gasteiger charge is -2.37. The van der Waals surface area contributed by atoms with E-state index in [1.165, 1.54) is 9.87 Å². The quantitative estimate of drug-likeness (QED) is 0.873. The largest absolute Gasteiger partial charge is 0.330 e. The second-order valence-electron chi connectivity index (χ2n) is 4.82. The molecule has 1 aromatic carbocycles. The molecule has 1 aromatic rings. The number of nitrogens with zero attached hydrogens (tertiary/aromatic N) is 1. The van der Waals surface area contributed by atoms with Crippen molar-refractivity contribution >= 4 is 10.0 Å². The standard InChI is InChI=1S/C13H20N2O2S/c1-2-3-11-4-6-13(7-5-11)18(16,17)15-9-12(8-14)10-15/h4-7,12H,2-3,8-10,14H2,1H3. The number of aryl methyl sites for hydroxylation is 1. The van der Waals surface area contributed by atoms with Crippen LogP contribution in [0.15, 0.2) is 29.2 Å². The maximum Gasteiger partial charge on any atom is 0.243 e. The van der Waals surface area contributed by atoms with Crippen molar-refractivity contribution < 1.29 is 8.42 Å². The van der Waals surface area contributed by atoms with Crippen molar-refractivity contribution in [2.45, 2.75) is 24.7 Å². The SMILES string of the molecule is CCCc1ccc(S(=O)(=O)N2CC(CN)C2)cc1. The van der Waals surface area contributed by atoms with Crippen LogP contribution in [0, 0.1) is 5.92 Å². The lowest BCUT2D eigenvalue weighted by Crippen LogP contribution is -2.52. The minimum absolute atomic E-state index is 0.319. The van der Waals surface area contributed by atoms with Gasteiger partial charge in [-0.1, -0.05) is 25.5 Å². The van der Waals surface area contributed by atoms with Gasteiger partial charge in [0.1, 0.15) is 0 Å². The molecule has 18 heavy (non-hydrogen) atoms. The zero-order valence-electron chi connectivity index (χ0n) is 10.7. The van der Waals surface area contributed by atoms with E-state index in [1.807, 2.05) is 12.1 Å². The van der Waals surface area contributed by atoms with Gasteiger partial charge in [0.15, 0.2) is 0 Å². The fourth-order valence-electron chi connectivity index (χ4n) is 2.13. The molecule has 5 heteroatoms. The Labute approximate surface area is 109 Å². The minimum atomic E-state index is -3.30. The van der Waals surface area contributed by atoms with Gasteiger partial charge in [-0.2, -0.15) is 4.31 Å². The summed E-state index contributed by atoms with van der Waals surface area (Å²) in [5.74, 6) is 0.319. The minimum Gasteiger partial charge on any atom is -0.330 e. The molecule has 1 saturated heterocycles. The Morgan fingerprint density at radius 3 is 2.39 bits per heavy atom. The molecule has 0 atom stereocenters. The Hall–Kier alpha value is -0.910. The Morgan fingerprint density at radius 2 is 1.89 bits per heavy atom. The molecule has 0 radical (unpaired) electrons. The van der Waals surface area contributed by atoms with Gasteiger partial charge in [0.2, 0.25) is 10.0 Å². The average Bonchev–Trinajstić information content (AvgIpc) is 2.28. The third-order valence-electron chi connectivity index (χ3n) is 3.36. The molecule has 1 heterocycles. The predicted molar refractivity (Wildman–Crippen MR) is 71.7 cm³/mol. The van der Waals surface area contributed by atoms with Gasteiger partial charge in [-0.3, -0.25) is 0 Å². The molecule has 0 aliphatic carbocycles. The number of nitrogens with two attached hydrogens (primary N) is 1. The van der Waals surface area contributed by atoms with E-state index >= 15 is 0 Å². The van der Waals surface area contributed by atoms with Gasteiger partial charge in [-0.25, -0.2) is 8.42 Å². The molecule has 100 valence electrons. The highest BCUT2D eigenvalue weighted by molar-refractivity contribution is 7.89. The Bertz CT molecular complexity index is 490. The van der Waals surface area contributed by atoms with E-state index < -0.39 is 10.0 Å². The molecule has 2 N–H and O–H groups in total. The molecule has 0 saturated carbocycles. The first-order chi connectivity index (χ1) is 8.57. The van der Waals surface area contributed by atoms with Crippen LogP contribution in [0.3, 0.4) is 0 Å². The molecular formula is C13H20N2O2S. The van der Waals surface area contributed by atoms with E-state index in [0.29, 0.717) is 30.4 Å². The van der Waals surface area contributed by atoms with Crippen LogP contribution < -0.4 is 5.73 Å². The summed E-state index contributed by atoms with van der Waals surface area (Å²) in [4.78, 5) is 0.387. The van der Waals surface area contributed by atoms with Gasteiger partial charge < -0.3 is 5.73 Å². The second kappa shape index (κ2) is 5.38. The van der Waals surface area contributed by atoms with Crippen molar-refractivity contribution in [3.8, 4) is 0 Å². The molecule has 1 fully saturated rings. The number of hydrogen-bond donors (Lipinski definition) is 1. The van der Waals surface area contributed by atoms with E-state index in [9.17, 15) is 8.42 Å². The number of rotatable bonds is 5. The third kappa shape index (κ3) is 2.58. The predicted octanol–water partition coefficient (Wildman–Crippen LogP) is 1.22. The van der Waals surface area contributed by atoms with E-state index in [4.69, 9.17) is 5.73 Å². The van der Waals surface area contributed by atoms with Crippen molar-refractivity contribution in [2.75, 3.05) is 19.6 Å². The summed E-state index contributed by atoms with van der Waals surface area (Å²) in [6, 6.07) is 7.21. The van der Waals surface area contributed by atoms with E-state index in [2.05, 4.69) is 6.92 Å². The first-order valence-electron chi connectivity index (χ1n) is 6.37. The summed E-state index contributed by atoms with van der Waals surface area (Å²) >= 11 is 0. The monoisotopic (exact) mass is 268 g/mol. The maximum atomic E-state index is 12.2. The van der Waals surface area contributed by atoms with Crippen LogP contribution in [0.4, 0.5) is 0 Å². The lowest BCUT2D eigenvalue weighted by atomic mass is 10.0. The smallest absolute Gasteiger partial charge is 0.243 e. The van der Waals surface area contributed by atoms with Crippen LogP contribution in [-0.2, 0) is 16.4 Å². The Morgan fingerprint density at radius 1 is 1.28 bits per heavy atom. The average molecular weight is 268 g/mol. The number of sulfonamides is 1. The van der Waals surface area contributed by atoms with Crippen molar-refractivity contribution in [1.82, 2.24) is 4.31 Å². The Kier molecular flexibility index (Phi) is 4.04. The summed E-state index contributed by atoms with van der Waals surface area (Å²) in [7, 11) is -3.30. The molecule has 0 spiro atoms. The van der Waals surface area contributed by atoms with Crippen LogP contribution in [0.25, 0.3) is 0 Å². The summed E-state index contributed by atoms with van der Waals surface area (Å²) in [5.41, 5.74) is 6.69. The molecule has 0 unspecified atom stereocenters. The van der Waals surface area contributed by atoms with Gasteiger partial charge in [0.25, 0.3) is 0 Å². The van der Waals surface area contributed by atoms with Crippen molar-refractivity contribution in [3.63, 3.8) is 0 Å². The van der Waals surface area contributed by atoms with Crippen LogP contribution >= 0.6 is 0 Å². The highest BCUT2D eigenvalue weighted by atomic mass is 32.2. The van der Waals surface area contributed by atoms with Crippen molar-refractivity contribution in [1.29, 1.82) is 0 Å². The molecule has 0 bridgehead atoms. The van der Waals surface area contributed by atoms with Crippen LogP contribution in [-0.4, -0.2) is 32.4 Å².